The Labute approximate surface area is 130 Å². The molecule has 0 spiro atoms. The van der Waals surface area contributed by atoms with E-state index < -0.39 is 10.9 Å². The van der Waals surface area contributed by atoms with E-state index in [1.165, 1.54) is 12.3 Å². The van der Waals surface area contributed by atoms with Gasteiger partial charge in [-0.2, -0.15) is 0 Å². The van der Waals surface area contributed by atoms with Gasteiger partial charge < -0.3 is 9.15 Å². The molecular formula is C10H7BrN4O5S. The number of esters is 1. The second-order valence-electron chi connectivity index (χ2n) is 3.43. The first-order valence-electron chi connectivity index (χ1n) is 5.49. The molecule has 2 rings (SSSR count). The number of halogens is 1. The quantitative estimate of drug-likeness (QED) is 0.441. The molecule has 0 fully saturated rings. The molecule has 0 aliphatic heterocycles. The summed E-state index contributed by atoms with van der Waals surface area (Å²) in [5, 5.41) is 18.1. The van der Waals surface area contributed by atoms with Crippen molar-refractivity contribution in [3.8, 4) is 0 Å². The standard InChI is InChI=1S/C10H7BrN4O5S/c1-2-19-9(16)7-13-14-10(20-7)21-8-6(15(17)18)3-5(11)4-12-8/h3-4H,2H2,1H3. The van der Waals surface area contributed by atoms with Crippen LogP contribution in [0.2, 0.25) is 0 Å². The first-order valence-corrected chi connectivity index (χ1v) is 7.10. The van der Waals surface area contributed by atoms with E-state index in [0.29, 0.717) is 4.47 Å². The molecule has 11 heteroatoms. The molecule has 0 unspecified atom stereocenters. The van der Waals surface area contributed by atoms with Crippen molar-refractivity contribution in [3.05, 3.63) is 32.7 Å². The van der Waals surface area contributed by atoms with Crippen LogP contribution in [0.15, 0.2) is 31.4 Å². The highest BCUT2D eigenvalue weighted by Crippen LogP contribution is 2.33. The maximum atomic E-state index is 11.4. The van der Waals surface area contributed by atoms with E-state index in [2.05, 4.69) is 31.1 Å². The van der Waals surface area contributed by atoms with Crippen molar-refractivity contribution in [2.24, 2.45) is 0 Å². The molecule has 0 bridgehead atoms. The zero-order valence-corrected chi connectivity index (χ0v) is 12.9. The average molecular weight is 375 g/mol. The number of ether oxygens (including phenoxy) is 1. The van der Waals surface area contributed by atoms with Crippen molar-refractivity contribution in [2.45, 2.75) is 17.2 Å². The lowest BCUT2D eigenvalue weighted by Crippen LogP contribution is -2.04. The van der Waals surface area contributed by atoms with Crippen LogP contribution in [-0.4, -0.2) is 32.7 Å². The normalized spacial score (nSPS) is 10.4. The first kappa shape index (κ1) is 15.4. The fraction of sp³-hybridized carbons (Fsp3) is 0.200. The Morgan fingerprint density at radius 3 is 3.00 bits per heavy atom. The van der Waals surface area contributed by atoms with Crippen LogP contribution in [0.4, 0.5) is 5.69 Å². The first-order chi connectivity index (χ1) is 10.0. The number of nitrogens with zero attached hydrogens (tertiary/aromatic N) is 4. The molecule has 0 radical (unpaired) electrons. The van der Waals surface area contributed by atoms with E-state index in [1.54, 1.807) is 6.92 Å². The topological polar surface area (TPSA) is 121 Å². The zero-order valence-electron chi connectivity index (χ0n) is 10.5. The number of carbonyl (C=O) groups excluding carboxylic acids is 1. The van der Waals surface area contributed by atoms with Crippen molar-refractivity contribution < 1.29 is 18.9 Å². The van der Waals surface area contributed by atoms with Gasteiger partial charge in [-0.1, -0.05) is 5.10 Å². The molecule has 0 N–H and O–H groups in total. The molecular weight excluding hydrogens is 368 g/mol. The summed E-state index contributed by atoms with van der Waals surface area (Å²) in [5.41, 5.74) is -0.217. The Morgan fingerprint density at radius 2 is 2.33 bits per heavy atom. The summed E-state index contributed by atoms with van der Waals surface area (Å²) < 4.78 is 10.2. The number of pyridine rings is 1. The number of nitro groups is 1. The Bertz CT molecular complexity index is 692. The predicted octanol–water partition coefficient (Wildman–Crippen LogP) is 2.46. The summed E-state index contributed by atoms with van der Waals surface area (Å²) in [6.45, 7) is 1.81. The van der Waals surface area contributed by atoms with Gasteiger partial charge in [-0.25, -0.2) is 9.78 Å². The number of aromatic nitrogens is 3. The lowest BCUT2D eigenvalue weighted by molar-refractivity contribution is -0.388. The summed E-state index contributed by atoms with van der Waals surface area (Å²) in [6, 6.07) is 1.30. The van der Waals surface area contributed by atoms with Gasteiger partial charge in [-0.3, -0.25) is 10.1 Å². The van der Waals surface area contributed by atoms with Gasteiger partial charge in [0.25, 0.3) is 5.22 Å². The van der Waals surface area contributed by atoms with Crippen molar-refractivity contribution >= 4 is 39.3 Å². The van der Waals surface area contributed by atoms with Gasteiger partial charge in [-0.05, 0) is 34.6 Å². The fourth-order valence-corrected chi connectivity index (χ4v) is 2.26. The van der Waals surface area contributed by atoms with Crippen molar-refractivity contribution in [1.82, 2.24) is 15.2 Å². The molecule has 9 nitrogen and oxygen atoms in total. The van der Waals surface area contributed by atoms with E-state index in [1.807, 2.05) is 0 Å². The van der Waals surface area contributed by atoms with Crippen LogP contribution in [0.25, 0.3) is 0 Å². The van der Waals surface area contributed by atoms with Crippen molar-refractivity contribution in [3.63, 3.8) is 0 Å². The minimum atomic E-state index is -0.755. The van der Waals surface area contributed by atoms with Crippen LogP contribution in [0.5, 0.6) is 0 Å². The number of rotatable bonds is 5. The molecule has 0 aliphatic rings. The van der Waals surface area contributed by atoms with Crippen LogP contribution in [0.1, 0.15) is 17.6 Å². The lowest BCUT2D eigenvalue weighted by Gasteiger charge is -1.99. The van der Waals surface area contributed by atoms with Gasteiger partial charge in [0.15, 0.2) is 5.03 Å². The fourth-order valence-electron chi connectivity index (χ4n) is 1.23. The van der Waals surface area contributed by atoms with E-state index >= 15 is 0 Å². The Balaban J connectivity index is 2.23. The molecule has 0 saturated heterocycles. The third kappa shape index (κ3) is 3.76. The molecule has 0 saturated carbocycles. The summed E-state index contributed by atoms with van der Waals surface area (Å²) in [5.74, 6) is -1.07. The third-order valence-electron chi connectivity index (χ3n) is 2.04. The molecule has 110 valence electrons. The molecule has 2 aromatic rings. The van der Waals surface area contributed by atoms with E-state index in [9.17, 15) is 14.9 Å². The molecule has 0 atom stereocenters. The van der Waals surface area contributed by atoms with Crippen LogP contribution in [0, 0.1) is 10.1 Å². The van der Waals surface area contributed by atoms with E-state index in [4.69, 9.17) is 9.15 Å². The molecule has 0 aromatic carbocycles. The highest BCUT2D eigenvalue weighted by Gasteiger charge is 2.22. The monoisotopic (exact) mass is 374 g/mol. The average Bonchev–Trinajstić information content (AvgIpc) is 2.89. The molecule has 0 amide bonds. The van der Waals surface area contributed by atoms with E-state index in [0.717, 1.165) is 11.8 Å². The van der Waals surface area contributed by atoms with Gasteiger partial charge in [0.2, 0.25) is 0 Å². The number of hydrogen-bond donors (Lipinski definition) is 0. The summed E-state index contributed by atoms with van der Waals surface area (Å²) in [6.07, 6.45) is 1.40. The van der Waals surface area contributed by atoms with Crippen LogP contribution >= 0.6 is 27.7 Å². The highest BCUT2D eigenvalue weighted by atomic mass is 79.9. The van der Waals surface area contributed by atoms with E-state index in [-0.39, 0.29) is 28.4 Å². The van der Waals surface area contributed by atoms with Crippen LogP contribution < -0.4 is 0 Å². The van der Waals surface area contributed by atoms with Crippen molar-refractivity contribution in [2.75, 3.05) is 6.61 Å². The second-order valence-corrected chi connectivity index (χ2v) is 5.29. The molecule has 0 aliphatic carbocycles. The van der Waals surface area contributed by atoms with Gasteiger partial charge in [-0.15, -0.1) is 5.10 Å². The molecule has 21 heavy (non-hydrogen) atoms. The lowest BCUT2D eigenvalue weighted by atomic mass is 10.4. The number of carbonyl (C=O) groups is 1. The SMILES string of the molecule is CCOC(=O)c1nnc(Sc2ncc(Br)cc2[N+](=O)[O-])o1. The summed E-state index contributed by atoms with van der Waals surface area (Å²) >= 11 is 3.89. The minimum Gasteiger partial charge on any atom is -0.459 e. The van der Waals surface area contributed by atoms with Gasteiger partial charge in [0.05, 0.1) is 11.5 Å². The zero-order chi connectivity index (χ0) is 15.4. The Hall–Kier alpha value is -2.01. The Morgan fingerprint density at radius 1 is 1.57 bits per heavy atom. The maximum absolute atomic E-state index is 11.4. The number of hydrogen-bond acceptors (Lipinski definition) is 9. The van der Waals surface area contributed by atoms with Crippen molar-refractivity contribution in [1.29, 1.82) is 0 Å². The van der Waals surface area contributed by atoms with Gasteiger partial charge in [0, 0.05) is 16.7 Å². The van der Waals surface area contributed by atoms with Gasteiger partial charge >= 0.3 is 17.5 Å². The van der Waals surface area contributed by atoms with Crippen LogP contribution in [-0.2, 0) is 4.74 Å². The smallest absolute Gasteiger partial charge is 0.396 e. The van der Waals surface area contributed by atoms with Crippen LogP contribution in [0.3, 0.4) is 0 Å². The summed E-state index contributed by atoms with van der Waals surface area (Å²) in [7, 11) is 0. The second kappa shape index (κ2) is 6.63. The molecule has 2 aromatic heterocycles. The summed E-state index contributed by atoms with van der Waals surface area (Å²) in [4.78, 5) is 25.7. The van der Waals surface area contributed by atoms with Gasteiger partial charge in [0.1, 0.15) is 0 Å². The Kier molecular flexibility index (Phi) is 4.85. The predicted molar refractivity (Wildman–Crippen MR) is 73.0 cm³/mol. The maximum Gasteiger partial charge on any atom is 0.396 e. The minimum absolute atomic E-state index is 0.0454. The largest absolute Gasteiger partial charge is 0.459 e. The third-order valence-corrected chi connectivity index (χ3v) is 3.32. The highest BCUT2D eigenvalue weighted by molar-refractivity contribution is 9.10. The molecule has 2 heterocycles.